The van der Waals surface area contributed by atoms with Crippen LogP contribution in [0.25, 0.3) is 0 Å². The normalized spacial score (nSPS) is 20.6. The highest BCUT2D eigenvalue weighted by molar-refractivity contribution is 6.06. The summed E-state index contributed by atoms with van der Waals surface area (Å²) in [6.45, 7) is 7.50. The summed E-state index contributed by atoms with van der Waals surface area (Å²) in [6.07, 6.45) is 2.83. The van der Waals surface area contributed by atoms with E-state index >= 15 is 0 Å². The third-order valence-electron chi connectivity index (χ3n) is 4.04. The van der Waals surface area contributed by atoms with Gasteiger partial charge < -0.3 is 15.5 Å². The average molecular weight is 340 g/mol. The van der Waals surface area contributed by atoms with Gasteiger partial charge in [-0.25, -0.2) is 0 Å². The van der Waals surface area contributed by atoms with Crippen LogP contribution in [-0.4, -0.2) is 29.8 Å². The molecule has 2 rings (SSSR count). The van der Waals surface area contributed by atoms with Crippen LogP contribution in [0.2, 0.25) is 0 Å². The Balaban J connectivity index is 2.03. The van der Waals surface area contributed by atoms with E-state index < -0.39 is 5.91 Å². The van der Waals surface area contributed by atoms with Crippen LogP contribution in [0.15, 0.2) is 36.0 Å². The molecule has 1 aromatic rings. The topological polar surface area (TPSA) is 85.2 Å². The molecule has 2 amide bonds. The molecular formula is C19H24N4O2. The van der Waals surface area contributed by atoms with Crippen LogP contribution in [0, 0.1) is 23.2 Å². The molecule has 0 spiro atoms. The van der Waals surface area contributed by atoms with E-state index in [1.54, 1.807) is 30.5 Å². The molecule has 6 nitrogen and oxygen atoms in total. The summed E-state index contributed by atoms with van der Waals surface area (Å²) in [5, 5.41) is 14.7. The zero-order valence-electron chi connectivity index (χ0n) is 14.9. The fourth-order valence-electron chi connectivity index (χ4n) is 3.18. The number of anilines is 2. The second-order valence-electron chi connectivity index (χ2n) is 6.77. The summed E-state index contributed by atoms with van der Waals surface area (Å²) in [7, 11) is 0. The maximum absolute atomic E-state index is 12.3. The average Bonchev–Trinajstić information content (AvgIpc) is 2.53. The van der Waals surface area contributed by atoms with Crippen molar-refractivity contribution in [1.29, 1.82) is 5.26 Å². The molecule has 1 aromatic carbocycles. The van der Waals surface area contributed by atoms with Gasteiger partial charge >= 0.3 is 0 Å². The van der Waals surface area contributed by atoms with Gasteiger partial charge in [0.1, 0.15) is 11.6 Å². The lowest BCUT2D eigenvalue weighted by Crippen LogP contribution is -2.35. The highest BCUT2D eigenvalue weighted by atomic mass is 16.2. The van der Waals surface area contributed by atoms with Gasteiger partial charge in [-0.15, -0.1) is 0 Å². The molecule has 0 saturated carbocycles. The smallest absolute Gasteiger partial charge is 0.267 e. The molecule has 1 heterocycles. The maximum Gasteiger partial charge on any atom is 0.267 e. The first kappa shape index (κ1) is 18.5. The van der Waals surface area contributed by atoms with E-state index in [0.29, 0.717) is 23.2 Å². The van der Waals surface area contributed by atoms with Crippen molar-refractivity contribution in [1.82, 2.24) is 4.90 Å². The summed E-state index contributed by atoms with van der Waals surface area (Å²) in [4.78, 5) is 25.4. The van der Waals surface area contributed by atoms with Crippen molar-refractivity contribution < 1.29 is 9.59 Å². The molecule has 1 aliphatic rings. The van der Waals surface area contributed by atoms with Gasteiger partial charge in [0.15, 0.2) is 0 Å². The number of nitrogens with zero attached hydrogens (tertiary/aromatic N) is 2. The van der Waals surface area contributed by atoms with Crippen molar-refractivity contribution in [2.75, 3.05) is 23.7 Å². The Morgan fingerprint density at radius 2 is 1.64 bits per heavy atom. The van der Waals surface area contributed by atoms with Gasteiger partial charge in [-0.2, -0.15) is 5.26 Å². The van der Waals surface area contributed by atoms with Crippen LogP contribution in [0.5, 0.6) is 0 Å². The Labute approximate surface area is 148 Å². The highest BCUT2D eigenvalue weighted by Crippen LogP contribution is 2.22. The zero-order valence-corrected chi connectivity index (χ0v) is 14.9. The standard InChI is InChI=1S/C19H24N4O2/c1-13-8-14(2)11-23(10-13)12-16(9-20)19(25)22-18-6-4-17(5-7-18)21-15(3)24/h4-7,12-14H,8,10-11H2,1-3H3,(H,21,24)(H,22,25)/b16-12-. The van der Waals surface area contributed by atoms with E-state index in [4.69, 9.17) is 0 Å². The predicted octanol–water partition coefficient (Wildman–Crippen LogP) is 2.97. The predicted molar refractivity (Wildman–Crippen MR) is 97.6 cm³/mol. The number of benzene rings is 1. The van der Waals surface area contributed by atoms with E-state index in [1.807, 2.05) is 6.07 Å². The van der Waals surface area contributed by atoms with Gasteiger partial charge in [0, 0.05) is 37.6 Å². The third-order valence-corrected chi connectivity index (χ3v) is 4.04. The van der Waals surface area contributed by atoms with E-state index in [1.165, 1.54) is 13.3 Å². The van der Waals surface area contributed by atoms with Crippen molar-refractivity contribution in [2.45, 2.75) is 27.2 Å². The summed E-state index contributed by atoms with van der Waals surface area (Å²) in [5.41, 5.74) is 1.31. The van der Waals surface area contributed by atoms with Gasteiger partial charge in [-0.05, 0) is 42.5 Å². The molecule has 2 N–H and O–H groups in total. The number of hydrogen-bond donors (Lipinski definition) is 2. The molecule has 2 unspecified atom stereocenters. The highest BCUT2D eigenvalue weighted by Gasteiger charge is 2.21. The first-order valence-corrected chi connectivity index (χ1v) is 8.42. The van der Waals surface area contributed by atoms with Crippen LogP contribution in [0.3, 0.4) is 0 Å². The molecule has 132 valence electrons. The van der Waals surface area contributed by atoms with Gasteiger partial charge in [0.05, 0.1) is 0 Å². The fraction of sp³-hybridized carbons (Fsp3) is 0.421. The molecule has 0 radical (unpaired) electrons. The number of rotatable bonds is 4. The maximum atomic E-state index is 12.3. The van der Waals surface area contributed by atoms with E-state index in [9.17, 15) is 14.9 Å². The van der Waals surface area contributed by atoms with Gasteiger partial charge in [-0.1, -0.05) is 13.8 Å². The molecule has 1 aliphatic heterocycles. The number of piperidine rings is 1. The number of nitriles is 1. The fourth-order valence-corrected chi connectivity index (χ4v) is 3.18. The molecule has 1 saturated heterocycles. The minimum absolute atomic E-state index is 0.0900. The quantitative estimate of drug-likeness (QED) is 0.652. The number of nitrogens with one attached hydrogen (secondary N) is 2. The number of amides is 2. The Kier molecular flexibility index (Phi) is 6.18. The van der Waals surface area contributed by atoms with E-state index in [-0.39, 0.29) is 11.5 Å². The first-order chi connectivity index (χ1) is 11.9. The summed E-state index contributed by atoms with van der Waals surface area (Å²) >= 11 is 0. The zero-order chi connectivity index (χ0) is 18.4. The minimum atomic E-state index is -0.430. The van der Waals surface area contributed by atoms with Crippen molar-refractivity contribution in [3.8, 4) is 6.07 Å². The Morgan fingerprint density at radius 3 is 2.12 bits per heavy atom. The molecule has 0 bridgehead atoms. The Bertz CT molecular complexity index is 693. The molecule has 6 heteroatoms. The summed E-state index contributed by atoms with van der Waals surface area (Å²) < 4.78 is 0. The summed E-state index contributed by atoms with van der Waals surface area (Å²) in [6, 6.07) is 8.74. The van der Waals surface area contributed by atoms with Crippen molar-refractivity contribution >= 4 is 23.2 Å². The Hall–Kier alpha value is -2.81. The van der Waals surface area contributed by atoms with Crippen LogP contribution in [0.4, 0.5) is 11.4 Å². The molecule has 2 atom stereocenters. The molecule has 0 aromatic heterocycles. The van der Waals surface area contributed by atoms with Gasteiger partial charge in [0.2, 0.25) is 5.91 Å². The van der Waals surface area contributed by atoms with Crippen LogP contribution in [0.1, 0.15) is 27.2 Å². The number of hydrogen-bond acceptors (Lipinski definition) is 4. The van der Waals surface area contributed by atoms with Gasteiger partial charge in [0.25, 0.3) is 5.91 Å². The molecule has 1 fully saturated rings. The number of likely N-dealkylation sites (tertiary alicyclic amines) is 1. The lowest BCUT2D eigenvalue weighted by Gasteiger charge is -2.34. The van der Waals surface area contributed by atoms with Crippen molar-refractivity contribution in [2.24, 2.45) is 11.8 Å². The Morgan fingerprint density at radius 1 is 1.12 bits per heavy atom. The van der Waals surface area contributed by atoms with Crippen molar-refractivity contribution in [3.63, 3.8) is 0 Å². The lowest BCUT2D eigenvalue weighted by atomic mass is 9.92. The van der Waals surface area contributed by atoms with E-state index in [0.717, 1.165) is 13.1 Å². The number of carbonyl (C=O) groups excluding carboxylic acids is 2. The van der Waals surface area contributed by atoms with Crippen LogP contribution >= 0.6 is 0 Å². The summed E-state index contributed by atoms with van der Waals surface area (Å²) in [5.74, 6) is 0.505. The van der Waals surface area contributed by atoms with E-state index in [2.05, 4.69) is 29.4 Å². The first-order valence-electron chi connectivity index (χ1n) is 8.42. The third kappa shape index (κ3) is 5.64. The molecule has 0 aliphatic carbocycles. The molecular weight excluding hydrogens is 316 g/mol. The van der Waals surface area contributed by atoms with Crippen molar-refractivity contribution in [3.05, 3.63) is 36.0 Å². The second-order valence-corrected chi connectivity index (χ2v) is 6.77. The largest absolute Gasteiger partial charge is 0.376 e. The monoisotopic (exact) mass is 340 g/mol. The number of carbonyl (C=O) groups is 2. The van der Waals surface area contributed by atoms with Crippen LogP contribution < -0.4 is 10.6 Å². The minimum Gasteiger partial charge on any atom is -0.376 e. The van der Waals surface area contributed by atoms with Crippen LogP contribution in [-0.2, 0) is 9.59 Å². The molecule has 25 heavy (non-hydrogen) atoms. The van der Waals surface area contributed by atoms with Gasteiger partial charge in [-0.3, -0.25) is 9.59 Å². The second kappa shape index (κ2) is 8.34. The lowest BCUT2D eigenvalue weighted by molar-refractivity contribution is -0.114. The SMILES string of the molecule is CC(=O)Nc1ccc(NC(=O)/C(C#N)=C\N2CC(C)CC(C)C2)cc1.